The van der Waals surface area contributed by atoms with E-state index >= 15 is 0 Å². The highest BCUT2D eigenvalue weighted by Gasteiger charge is 2.14. The van der Waals surface area contributed by atoms with E-state index in [0.717, 1.165) is 0 Å². The van der Waals surface area contributed by atoms with Crippen molar-refractivity contribution in [3.05, 3.63) is 62.5 Å². The van der Waals surface area contributed by atoms with Crippen LogP contribution in [0.5, 0.6) is 0 Å². The van der Waals surface area contributed by atoms with Crippen molar-refractivity contribution in [3.63, 3.8) is 0 Å². The first-order valence-corrected chi connectivity index (χ1v) is 6.01. The molecule has 0 aliphatic rings. The van der Waals surface area contributed by atoms with Gasteiger partial charge in [-0.25, -0.2) is 4.79 Å². The highest BCUT2D eigenvalue weighted by molar-refractivity contribution is 6.31. The molecule has 0 aliphatic carbocycles. The first kappa shape index (κ1) is 13.4. The number of aromatic carboxylic acids is 1. The van der Waals surface area contributed by atoms with E-state index in [2.05, 4.69) is 0 Å². The number of carboxylic acids is 1. The van der Waals surface area contributed by atoms with E-state index in [4.69, 9.17) is 11.6 Å². The number of rotatable bonds is 2. The largest absolute Gasteiger partial charge is 0.478 e. The van der Waals surface area contributed by atoms with Gasteiger partial charge in [0.2, 0.25) is 0 Å². The fourth-order valence-corrected chi connectivity index (χ4v) is 2.29. The van der Waals surface area contributed by atoms with Gasteiger partial charge in [-0.1, -0.05) is 11.6 Å². The van der Waals surface area contributed by atoms with E-state index in [0.29, 0.717) is 22.1 Å². The van der Waals surface area contributed by atoms with Crippen LogP contribution in [0.2, 0.25) is 5.02 Å². The Morgan fingerprint density at radius 2 is 1.74 bits per heavy atom. The van der Waals surface area contributed by atoms with Crippen molar-refractivity contribution in [2.75, 3.05) is 0 Å². The molecule has 2 aromatic rings. The number of aryl methyl sites for hydroxylation is 2. The molecule has 1 heterocycles. The maximum absolute atomic E-state index is 11.4. The molecule has 98 valence electrons. The molecule has 0 fully saturated rings. The molecule has 0 atom stereocenters. The van der Waals surface area contributed by atoms with E-state index in [1.807, 2.05) is 0 Å². The molecule has 4 nitrogen and oxygen atoms in total. The Balaban J connectivity index is 2.79. The van der Waals surface area contributed by atoms with Crippen molar-refractivity contribution in [2.45, 2.75) is 13.8 Å². The second-order valence-corrected chi connectivity index (χ2v) is 4.71. The fraction of sp³-hybridized carbons (Fsp3) is 0.143. The van der Waals surface area contributed by atoms with Crippen LogP contribution >= 0.6 is 11.6 Å². The normalized spacial score (nSPS) is 10.5. The molecule has 0 unspecified atom stereocenters. The summed E-state index contributed by atoms with van der Waals surface area (Å²) in [6.45, 7) is 3.52. The molecular formula is C14H12ClNO3. The summed E-state index contributed by atoms with van der Waals surface area (Å²) in [6.07, 6.45) is 0. The highest BCUT2D eigenvalue weighted by Crippen LogP contribution is 2.22. The van der Waals surface area contributed by atoms with Gasteiger partial charge >= 0.3 is 5.97 Å². The lowest BCUT2D eigenvalue weighted by Crippen LogP contribution is -2.14. The lowest BCUT2D eigenvalue weighted by atomic mass is 10.1. The van der Waals surface area contributed by atoms with Crippen LogP contribution in [0, 0.1) is 13.8 Å². The van der Waals surface area contributed by atoms with E-state index in [-0.39, 0.29) is 11.0 Å². The average molecular weight is 278 g/mol. The summed E-state index contributed by atoms with van der Waals surface area (Å²) in [5, 5.41) is 9.61. The Bertz CT molecular complexity index is 693. The minimum atomic E-state index is -1.06. The van der Waals surface area contributed by atoms with Gasteiger partial charge in [0.15, 0.2) is 5.43 Å². The van der Waals surface area contributed by atoms with Gasteiger partial charge in [0.05, 0.1) is 11.3 Å². The molecule has 0 radical (unpaired) electrons. The molecule has 5 heteroatoms. The standard InChI is InChI=1S/C14H12ClNO3/c1-8-5-11(17)6-9(2)16(8)13-4-3-10(15)7-12(13)14(18)19/h3-7H,1-2H3,(H,18,19). The van der Waals surface area contributed by atoms with Crippen molar-refractivity contribution in [1.82, 2.24) is 4.57 Å². The number of carboxylic acid groups (broad SMARTS) is 1. The number of benzene rings is 1. The minimum absolute atomic E-state index is 0.0994. The smallest absolute Gasteiger partial charge is 0.337 e. The summed E-state index contributed by atoms with van der Waals surface area (Å²) in [7, 11) is 0. The first-order valence-electron chi connectivity index (χ1n) is 5.63. The van der Waals surface area contributed by atoms with E-state index < -0.39 is 5.97 Å². The predicted octanol–water partition coefficient (Wildman–Crippen LogP) is 2.81. The zero-order valence-electron chi connectivity index (χ0n) is 10.5. The number of nitrogens with zero attached hydrogens (tertiary/aromatic N) is 1. The number of pyridine rings is 1. The van der Waals surface area contributed by atoms with Gasteiger partial charge < -0.3 is 9.67 Å². The molecule has 1 aromatic heterocycles. The van der Waals surface area contributed by atoms with Crippen molar-refractivity contribution < 1.29 is 9.90 Å². The van der Waals surface area contributed by atoms with Crippen molar-refractivity contribution in [3.8, 4) is 5.69 Å². The number of halogens is 1. The molecule has 1 N–H and O–H groups in total. The van der Waals surface area contributed by atoms with Gasteiger partial charge in [-0.2, -0.15) is 0 Å². The number of hydrogen-bond acceptors (Lipinski definition) is 2. The van der Waals surface area contributed by atoms with Gasteiger partial charge in [-0.15, -0.1) is 0 Å². The third-order valence-corrected chi connectivity index (χ3v) is 3.07. The lowest BCUT2D eigenvalue weighted by Gasteiger charge is -2.16. The molecule has 0 amide bonds. The van der Waals surface area contributed by atoms with Gasteiger partial charge in [0, 0.05) is 28.5 Å². The third-order valence-electron chi connectivity index (χ3n) is 2.84. The third kappa shape index (κ3) is 2.53. The van der Waals surface area contributed by atoms with Crippen LogP contribution in [0.25, 0.3) is 5.69 Å². The first-order chi connectivity index (χ1) is 8.90. The Morgan fingerprint density at radius 3 is 2.26 bits per heavy atom. The molecule has 0 saturated carbocycles. The Hall–Kier alpha value is -2.07. The van der Waals surface area contributed by atoms with Crippen LogP contribution in [0.1, 0.15) is 21.7 Å². The number of aromatic nitrogens is 1. The summed E-state index contributed by atoms with van der Waals surface area (Å²) in [6, 6.07) is 7.59. The highest BCUT2D eigenvalue weighted by atomic mass is 35.5. The summed E-state index contributed by atoms with van der Waals surface area (Å²) >= 11 is 5.83. The Kier molecular flexibility index (Phi) is 3.44. The summed E-state index contributed by atoms with van der Waals surface area (Å²) in [4.78, 5) is 22.7. The Labute approximate surface area is 114 Å². The van der Waals surface area contributed by atoms with Gasteiger partial charge in [-0.05, 0) is 32.0 Å². The summed E-state index contributed by atoms with van der Waals surface area (Å²) in [5.41, 5.74) is 1.84. The van der Waals surface area contributed by atoms with Gasteiger partial charge in [0.1, 0.15) is 0 Å². The van der Waals surface area contributed by atoms with Gasteiger partial charge in [-0.3, -0.25) is 4.79 Å². The fourth-order valence-electron chi connectivity index (χ4n) is 2.12. The topological polar surface area (TPSA) is 59.3 Å². The maximum Gasteiger partial charge on any atom is 0.337 e. The van der Waals surface area contributed by atoms with Crippen LogP contribution in [0.3, 0.4) is 0 Å². The lowest BCUT2D eigenvalue weighted by molar-refractivity contribution is 0.0697. The summed E-state index contributed by atoms with van der Waals surface area (Å²) in [5.74, 6) is -1.06. The second kappa shape index (κ2) is 4.90. The van der Waals surface area contributed by atoms with Crippen LogP contribution in [-0.4, -0.2) is 15.6 Å². The quantitative estimate of drug-likeness (QED) is 0.918. The SMILES string of the molecule is Cc1cc(=O)cc(C)n1-c1ccc(Cl)cc1C(=O)O. The molecule has 0 spiro atoms. The molecule has 19 heavy (non-hydrogen) atoms. The van der Waals surface area contributed by atoms with Gasteiger partial charge in [0.25, 0.3) is 0 Å². The van der Waals surface area contributed by atoms with Crippen LogP contribution in [-0.2, 0) is 0 Å². The van der Waals surface area contributed by atoms with E-state index in [1.165, 1.54) is 18.2 Å². The number of carbonyl (C=O) groups is 1. The molecule has 0 aliphatic heterocycles. The van der Waals surface area contributed by atoms with Crippen LogP contribution < -0.4 is 5.43 Å². The van der Waals surface area contributed by atoms with Crippen molar-refractivity contribution >= 4 is 17.6 Å². The zero-order valence-corrected chi connectivity index (χ0v) is 11.2. The number of hydrogen-bond donors (Lipinski definition) is 1. The average Bonchev–Trinajstić information content (AvgIpc) is 2.29. The second-order valence-electron chi connectivity index (χ2n) is 4.28. The molecule has 1 aromatic carbocycles. The van der Waals surface area contributed by atoms with E-state index in [9.17, 15) is 14.7 Å². The van der Waals surface area contributed by atoms with Crippen molar-refractivity contribution in [2.24, 2.45) is 0 Å². The summed E-state index contributed by atoms with van der Waals surface area (Å²) < 4.78 is 1.72. The molecular weight excluding hydrogens is 266 g/mol. The monoisotopic (exact) mass is 277 g/mol. The minimum Gasteiger partial charge on any atom is -0.478 e. The van der Waals surface area contributed by atoms with E-state index in [1.54, 1.807) is 30.5 Å². The zero-order chi connectivity index (χ0) is 14.2. The molecule has 0 saturated heterocycles. The maximum atomic E-state index is 11.4. The van der Waals surface area contributed by atoms with Crippen LogP contribution in [0.15, 0.2) is 35.1 Å². The molecule has 0 bridgehead atoms. The van der Waals surface area contributed by atoms with Crippen molar-refractivity contribution in [1.29, 1.82) is 0 Å². The Morgan fingerprint density at radius 1 is 1.16 bits per heavy atom. The predicted molar refractivity (Wildman–Crippen MR) is 73.5 cm³/mol. The van der Waals surface area contributed by atoms with Crippen LogP contribution in [0.4, 0.5) is 0 Å². The molecule has 2 rings (SSSR count).